The van der Waals surface area contributed by atoms with E-state index in [1.165, 1.54) is 0 Å². The van der Waals surface area contributed by atoms with E-state index in [9.17, 15) is 10.1 Å². The minimum absolute atomic E-state index is 0.0766. The van der Waals surface area contributed by atoms with Crippen LogP contribution in [0, 0.1) is 18.3 Å². The summed E-state index contributed by atoms with van der Waals surface area (Å²) >= 11 is 0. The van der Waals surface area contributed by atoms with E-state index in [2.05, 4.69) is 17.5 Å². The fourth-order valence-electron chi connectivity index (χ4n) is 3.29. The summed E-state index contributed by atoms with van der Waals surface area (Å²) in [5.41, 5.74) is 2.90. The lowest BCUT2D eigenvalue weighted by atomic mass is 9.66. The molecule has 0 fully saturated rings. The number of hydrogen-bond acceptors (Lipinski definition) is 2. The number of nitrogens with one attached hydrogen (secondary N) is 1. The van der Waals surface area contributed by atoms with Crippen molar-refractivity contribution in [2.24, 2.45) is 0 Å². The quantitative estimate of drug-likeness (QED) is 0.896. The molecule has 0 spiro atoms. The third-order valence-corrected chi connectivity index (χ3v) is 4.74. The Morgan fingerprint density at radius 1 is 1.20 bits per heavy atom. The molecule has 3 heteroatoms. The molecule has 0 saturated heterocycles. The van der Waals surface area contributed by atoms with Crippen molar-refractivity contribution in [2.45, 2.75) is 58.4 Å². The standard InChI is InChI=1S/C17H22N2O/c1-6-17(7-2)14-9-12(10-18)11(3)8-13(14)16(4,5)19-15(17)20/h8-9H,6-7H2,1-5H3,(H,19,20). The first kappa shape index (κ1) is 14.6. The van der Waals surface area contributed by atoms with Crippen molar-refractivity contribution < 1.29 is 4.79 Å². The first-order valence-corrected chi connectivity index (χ1v) is 7.20. The molecule has 1 N–H and O–H groups in total. The highest BCUT2D eigenvalue weighted by Crippen LogP contribution is 2.43. The zero-order valence-corrected chi connectivity index (χ0v) is 12.9. The van der Waals surface area contributed by atoms with Gasteiger partial charge in [-0.2, -0.15) is 5.26 Å². The van der Waals surface area contributed by atoms with Crippen molar-refractivity contribution in [3.63, 3.8) is 0 Å². The molecule has 2 rings (SSSR count). The molecule has 0 saturated carbocycles. The van der Waals surface area contributed by atoms with Crippen LogP contribution in [0.2, 0.25) is 0 Å². The van der Waals surface area contributed by atoms with Gasteiger partial charge in [0.15, 0.2) is 0 Å². The molecule has 1 aromatic carbocycles. The molecule has 1 heterocycles. The Morgan fingerprint density at radius 3 is 2.30 bits per heavy atom. The molecular formula is C17H22N2O. The number of nitriles is 1. The largest absolute Gasteiger partial charge is 0.346 e. The first-order valence-electron chi connectivity index (χ1n) is 7.20. The first-order chi connectivity index (χ1) is 9.32. The number of amides is 1. The SMILES string of the molecule is CCC1(CC)C(=O)NC(C)(C)c2cc(C)c(C#N)cc21. The zero-order valence-electron chi connectivity index (χ0n) is 12.9. The number of benzene rings is 1. The number of carbonyl (C=O) groups is 1. The van der Waals surface area contributed by atoms with Crippen molar-refractivity contribution in [1.29, 1.82) is 5.26 Å². The zero-order chi connectivity index (χ0) is 15.1. The lowest BCUT2D eigenvalue weighted by Crippen LogP contribution is -2.56. The number of nitrogens with zero attached hydrogens (tertiary/aromatic N) is 1. The summed E-state index contributed by atoms with van der Waals surface area (Å²) in [6, 6.07) is 6.23. The van der Waals surface area contributed by atoms with Crippen molar-refractivity contribution >= 4 is 5.91 Å². The van der Waals surface area contributed by atoms with Crippen molar-refractivity contribution in [3.8, 4) is 6.07 Å². The van der Waals surface area contributed by atoms with Crippen molar-refractivity contribution in [2.75, 3.05) is 0 Å². The summed E-state index contributed by atoms with van der Waals surface area (Å²) in [6.45, 7) is 10.1. The van der Waals surface area contributed by atoms with Gasteiger partial charge in [-0.15, -0.1) is 0 Å². The number of aryl methyl sites for hydroxylation is 1. The predicted molar refractivity (Wildman–Crippen MR) is 79.3 cm³/mol. The van der Waals surface area contributed by atoms with Gasteiger partial charge < -0.3 is 5.32 Å². The highest BCUT2D eigenvalue weighted by atomic mass is 16.2. The van der Waals surface area contributed by atoms with Crippen LogP contribution in [0.15, 0.2) is 12.1 Å². The molecule has 0 unspecified atom stereocenters. The van der Waals surface area contributed by atoms with Crippen LogP contribution in [0.1, 0.15) is 62.8 Å². The lowest BCUT2D eigenvalue weighted by Gasteiger charge is -2.44. The molecule has 0 atom stereocenters. The van der Waals surface area contributed by atoms with E-state index in [1.54, 1.807) is 0 Å². The maximum atomic E-state index is 12.6. The van der Waals surface area contributed by atoms with Crippen LogP contribution in [0.5, 0.6) is 0 Å². The van der Waals surface area contributed by atoms with Crippen LogP contribution in [0.3, 0.4) is 0 Å². The number of fused-ring (bicyclic) bond motifs is 1. The highest BCUT2D eigenvalue weighted by molar-refractivity contribution is 5.91. The Bertz CT molecular complexity index is 604. The predicted octanol–water partition coefficient (Wildman–Crippen LogP) is 3.29. The summed E-state index contributed by atoms with van der Waals surface area (Å²) in [7, 11) is 0. The number of hydrogen-bond donors (Lipinski definition) is 1. The second-order valence-corrected chi connectivity index (χ2v) is 6.19. The fourth-order valence-corrected chi connectivity index (χ4v) is 3.29. The maximum absolute atomic E-state index is 12.6. The molecular weight excluding hydrogens is 248 g/mol. The van der Waals surface area contributed by atoms with Crippen LogP contribution in [0.4, 0.5) is 0 Å². The Balaban J connectivity index is 2.83. The van der Waals surface area contributed by atoms with E-state index in [1.807, 2.05) is 40.7 Å². The minimum Gasteiger partial charge on any atom is -0.346 e. The summed E-state index contributed by atoms with van der Waals surface area (Å²) in [5, 5.41) is 12.4. The van der Waals surface area contributed by atoms with E-state index < -0.39 is 5.41 Å². The summed E-state index contributed by atoms with van der Waals surface area (Å²) in [4.78, 5) is 12.6. The molecule has 1 aliphatic rings. The van der Waals surface area contributed by atoms with E-state index >= 15 is 0 Å². The van der Waals surface area contributed by atoms with Gasteiger partial charge in [0.2, 0.25) is 5.91 Å². The van der Waals surface area contributed by atoms with Crippen LogP contribution < -0.4 is 5.32 Å². The number of rotatable bonds is 2. The highest BCUT2D eigenvalue weighted by Gasteiger charge is 2.47. The molecule has 0 aliphatic carbocycles. The Hall–Kier alpha value is -1.82. The van der Waals surface area contributed by atoms with Crippen molar-refractivity contribution in [1.82, 2.24) is 5.32 Å². The monoisotopic (exact) mass is 270 g/mol. The Labute approximate surface area is 121 Å². The van der Waals surface area contributed by atoms with E-state index in [0.717, 1.165) is 29.5 Å². The third kappa shape index (κ3) is 1.83. The van der Waals surface area contributed by atoms with Gasteiger partial charge in [0, 0.05) is 0 Å². The topological polar surface area (TPSA) is 52.9 Å². The fraction of sp³-hybridized carbons (Fsp3) is 0.529. The van der Waals surface area contributed by atoms with E-state index in [0.29, 0.717) is 5.56 Å². The third-order valence-electron chi connectivity index (χ3n) is 4.74. The van der Waals surface area contributed by atoms with Crippen LogP contribution in [0.25, 0.3) is 0 Å². The Morgan fingerprint density at radius 2 is 1.80 bits per heavy atom. The Kier molecular flexibility index (Phi) is 3.37. The normalized spacial score (nSPS) is 18.9. The minimum atomic E-state index is -0.510. The molecule has 1 aromatic rings. The summed E-state index contributed by atoms with van der Waals surface area (Å²) in [5.74, 6) is 0.0766. The molecule has 1 aliphatic heterocycles. The molecule has 106 valence electrons. The lowest BCUT2D eigenvalue weighted by molar-refractivity contribution is -0.130. The maximum Gasteiger partial charge on any atom is 0.231 e. The van der Waals surface area contributed by atoms with Gasteiger partial charge >= 0.3 is 0 Å². The molecule has 0 radical (unpaired) electrons. The van der Waals surface area contributed by atoms with Crippen molar-refractivity contribution in [3.05, 3.63) is 34.4 Å². The van der Waals surface area contributed by atoms with Crippen LogP contribution in [-0.4, -0.2) is 5.91 Å². The molecule has 20 heavy (non-hydrogen) atoms. The smallest absolute Gasteiger partial charge is 0.231 e. The van der Waals surface area contributed by atoms with Gasteiger partial charge in [-0.3, -0.25) is 4.79 Å². The molecule has 3 nitrogen and oxygen atoms in total. The summed E-state index contributed by atoms with van der Waals surface area (Å²) < 4.78 is 0. The molecule has 0 aromatic heterocycles. The second-order valence-electron chi connectivity index (χ2n) is 6.19. The van der Waals surface area contributed by atoms with Gasteiger partial charge in [-0.1, -0.05) is 19.9 Å². The van der Waals surface area contributed by atoms with Gasteiger partial charge in [0.1, 0.15) is 0 Å². The number of carbonyl (C=O) groups excluding carboxylic acids is 1. The second kappa shape index (κ2) is 4.63. The van der Waals surface area contributed by atoms with Gasteiger partial charge in [-0.25, -0.2) is 0 Å². The molecule has 0 bridgehead atoms. The van der Waals surface area contributed by atoms with Gasteiger partial charge in [0.05, 0.1) is 22.6 Å². The molecule has 1 amide bonds. The van der Waals surface area contributed by atoms with Crippen LogP contribution in [-0.2, 0) is 15.7 Å². The van der Waals surface area contributed by atoms with E-state index in [-0.39, 0.29) is 11.4 Å². The van der Waals surface area contributed by atoms with E-state index in [4.69, 9.17) is 0 Å². The van der Waals surface area contributed by atoms with Gasteiger partial charge in [-0.05, 0) is 56.4 Å². The average molecular weight is 270 g/mol. The van der Waals surface area contributed by atoms with Crippen LogP contribution >= 0.6 is 0 Å². The average Bonchev–Trinajstić information content (AvgIpc) is 2.40. The van der Waals surface area contributed by atoms with Gasteiger partial charge in [0.25, 0.3) is 0 Å². The summed E-state index contributed by atoms with van der Waals surface area (Å²) in [6.07, 6.45) is 1.48.